The van der Waals surface area contributed by atoms with Crippen LogP contribution in [0, 0.1) is 19.3 Å². The van der Waals surface area contributed by atoms with Crippen LogP contribution >= 0.6 is 0 Å². The van der Waals surface area contributed by atoms with E-state index in [0.717, 1.165) is 5.69 Å². The molecule has 0 amide bonds. The van der Waals surface area contributed by atoms with Gasteiger partial charge in [0.15, 0.2) is 0 Å². The van der Waals surface area contributed by atoms with Gasteiger partial charge in [-0.15, -0.1) is 0 Å². The molecule has 0 N–H and O–H groups in total. The molecule has 0 atom stereocenters. The average molecular weight is 92.1 g/mol. The van der Waals surface area contributed by atoms with Crippen LogP contribution in [0.2, 0.25) is 0 Å². The van der Waals surface area contributed by atoms with Crippen LogP contribution in [0.15, 0.2) is 6.20 Å². The Bertz CT molecular complexity index is 136. The summed E-state index contributed by atoms with van der Waals surface area (Å²) in [5, 5.41) is 0. The van der Waals surface area contributed by atoms with Crippen LogP contribution in [-0.2, 0) is 0 Å². The van der Waals surface area contributed by atoms with Crippen molar-refractivity contribution in [3.63, 3.8) is 0 Å². The molecule has 1 aromatic rings. The lowest BCUT2D eigenvalue weighted by atomic mass is 10.5. The van der Waals surface area contributed by atoms with Crippen molar-refractivity contribution in [2.45, 2.75) is 6.92 Å². The van der Waals surface area contributed by atoms with Crippen LogP contribution in [0.3, 0.4) is 0 Å². The molecular formula is C5H4N2. The second-order valence-corrected chi connectivity index (χ2v) is 1.23. The number of hydrogen-bond donors (Lipinski definition) is 0. The van der Waals surface area contributed by atoms with Gasteiger partial charge < -0.3 is 0 Å². The first-order chi connectivity index (χ1) is 3.39. The Morgan fingerprint density at radius 3 is 2.71 bits per heavy atom. The van der Waals surface area contributed by atoms with Gasteiger partial charge in [-0.25, -0.2) is 4.98 Å². The molecule has 2 heteroatoms. The minimum absolute atomic E-state index is 0.874. The fourth-order valence-corrected chi connectivity index (χ4v) is 0.297. The predicted octanol–water partition coefficient (Wildman–Crippen LogP) is 0.385. The third kappa shape index (κ3) is 0.866. The van der Waals surface area contributed by atoms with Crippen molar-refractivity contribution in [3.05, 3.63) is 24.3 Å². The van der Waals surface area contributed by atoms with Crippen molar-refractivity contribution in [1.29, 1.82) is 0 Å². The van der Waals surface area contributed by atoms with Gasteiger partial charge in [0.1, 0.15) is 0 Å². The summed E-state index contributed by atoms with van der Waals surface area (Å²) in [6.07, 6.45) is 6.56. The summed E-state index contributed by atoms with van der Waals surface area (Å²) in [5.41, 5.74) is 0.874. The number of rotatable bonds is 0. The lowest BCUT2D eigenvalue weighted by molar-refractivity contribution is 1.14. The van der Waals surface area contributed by atoms with Crippen LogP contribution in [0.1, 0.15) is 5.69 Å². The molecule has 0 aromatic carbocycles. The highest BCUT2D eigenvalue weighted by Crippen LogP contribution is 1.76. The molecule has 1 aromatic heterocycles. The maximum atomic E-state index is 3.74. The Balaban J connectivity index is 3.02. The minimum atomic E-state index is 0.874. The van der Waals surface area contributed by atoms with Crippen LogP contribution in [0.4, 0.5) is 0 Å². The van der Waals surface area contributed by atoms with Gasteiger partial charge in [-0.05, 0) is 6.92 Å². The maximum absolute atomic E-state index is 3.74. The highest BCUT2D eigenvalue weighted by molar-refractivity contribution is 4.84. The number of aryl methyl sites for hydroxylation is 1. The number of nitrogens with zero attached hydrogens (tertiary/aromatic N) is 2. The van der Waals surface area contributed by atoms with Gasteiger partial charge in [-0.2, -0.15) is 4.98 Å². The standard InChI is InChI=1S/C5H4N2/c1-5-4-6-2-3-7-5/h4H,1H3. The zero-order valence-corrected chi connectivity index (χ0v) is 3.97. The van der Waals surface area contributed by atoms with Gasteiger partial charge in [0, 0.05) is 0 Å². The van der Waals surface area contributed by atoms with Crippen LogP contribution in [0.5, 0.6) is 0 Å². The summed E-state index contributed by atoms with van der Waals surface area (Å²) in [6.45, 7) is 1.86. The molecule has 1 heterocycles. The van der Waals surface area contributed by atoms with Crippen molar-refractivity contribution in [2.24, 2.45) is 0 Å². The zero-order valence-electron chi connectivity index (χ0n) is 3.97. The first kappa shape index (κ1) is 4.07. The molecule has 0 spiro atoms. The third-order valence-electron chi connectivity index (χ3n) is 0.598. The van der Waals surface area contributed by atoms with Gasteiger partial charge in [-0.3, -0.25) is 0 Å². The maximum Gasteiger partial charge on any atom is 0.0671 e. The second-order valence-electron chi connectivity index (χ2n) is 1.23. The lowest BCUT2D eigenvalue weighted by Crippen LogP contribution is -1.74. The topological polar surface area (TPSA) is 25.8 Å². The molecule has 1 rings (SSSR count). The SMILES string of the molecule is Cc1cnc#cn1. The molecule has 0 radical (unpaired) electrons. The summed E-state index contributed by atoms with van der Waals surface area (Å²) in [6, 6.07) is 0. The quantitative estimate of drug-likeness (QED) is 0.462. The van der Waals surface area contributed by atoms with E-state index in [9.17, 15) is 0 Å². The molecule has 7 heavy (non-hydrogen) atoms. The summed E-state index contributed by atoms with van der Waals surface area (Å²) < 4.78 is 0. The van der Waals surface area contributed by atoms with E-state index in [1.54, 1.807) is 6.20 Å². The fourth-order valence-electron chi connectivity index (χ4n) is 0.297. The van der Waals surface area contributed by atoms with Crippen molar-refractivity contribution >= 4 is 0 Å². The summed E-state index contributed by atoms with van der Waals surface area (Å²) >= 11 is 0. The van der Waals surface area contributed by atoms with Gasteiger partial charge >= 0.3 is 0 Å². The summed E-state index contributed by atoms with van der Waals surface area (Å²) in [5.74, 6) is 0. The Hall–Kier alpha value is -1.10. The van der Waals surface area contributed by atoms with Gasteiger partial charge in [0.2, 0.25) is 0 Å². The highest BCUT2D eigenvalue weighted by Gasteiger charge is 1.73. The van der Waals surface area contributed by atoms with E-state index < -0.39 is 0 Å². The molecule has 0 aliphatic heterocycles. The Labute approximate surface area is 42.2 Å². The average Bonchev–Trinajstić information content (AvgIpc) is 1.69. The largest absolute Gasteiger partial charge is 0.202 e. The molecule has 34 valence electrons. The predicted molar refractivity (Wildman–Crippen MR) is 24.4 cm³/mol. The molecule has 2 nitrogen and oxygen atoms in total. The molecule has 0 aliphatic carbocycles. The Kier molecular flexibility index (Phi) is 0.910. The lowest BCUT2D eigenvalue weighted by Gasteiger charge is -1.75. The van der Waals surface area contributed by atoms with Gasteiger partial charge in [0.05, 0.1) is 24.3 Å². The van der Waals surface area contributed by atoms with Crippen LogP contribution in [-0.4, -0.2) is 9.97 Å². The third-order valence-corrected chi connectivity index (χ3v) is 0.598. The number of hydrogen-bond acceptors (Lipinski definition) is 2. The monoisotopic (exact) mass is 92.0 g/mol. The first-order valence-corrected chi connectivity index (χ1v) is 1.97. The zero-order chi connectivity index (χ0) is 5.11. The van der Waals surface area contributed by atoms with Crippen molar-refractivity contribution in [2.75, 3.05) is 0 Å². The second kappa shape index (κ2) is 1.57. The van der Waals surface area contributed by atoms with Crippen LogP contribution in [0.25, 0.3) is 0 Å². The minimum Gasteiger partial charge on any atom is -0.202 e. The first-order valence-electron chi connectivity index (χ1n) is 1.97. The molecule has 0 aliphatic rings. The molecular weight excluding hydrogens is 88.1 g/mol. The van der Waals surface area contributed by atoms with E-state index in [1.807, 2.05) is 6.92 Å². The van der Waals surface area contributed by atoms with Gasteiger partial charge in [-0.1, -0.05) is 0 Å². The summed E-state index contributed by atoms with van der Waals surface area (Å²) in [4.78, 5) is 7.38. The molecule has 0 bridgehead atoms. The van der Waals surface area contributed by atoms with Crippen molar-refractivity contribution < 1.29 is 0 Å². The van der Waals surface area contributed by atoms with E-state index in [0.29, 0.717) is 0 Å². The smallest absolute Gasteiger partial charge is 0.0671 e. The van der Waals surface area contributed by atoms with E-state index in [-0.39, 0.29) is 0 Å². The normalized spacial score (nSPS) is 7.57. The highest BCUT2D eigenvalue weighted by atomic mass is 14.7. The fraction of sp³-hybridized carbons (Fsp3) is 0.200. The van der Waals surface area contributed by atoms with E-state index in [2.05, 4.69) is 22.4 Å². The molecule has 0 saturated heterocycles. The number of aromatic nitrogens is 2. The molecule has 0 saturated carbocycles. The summed E-state index contributed by atoms with van der Waals surface area (Å²) in [7, 11) is 0. The van der Waals surface area contributed by atoms with E-state index in [4.69, 9.17) is 0 Å². The molecule has 0 fully saturated rings. The van der Waals surface area contributed by atoms with Gasteiger partial charge in [0.25, 0.3) is 0 Å². The van der Waals surface area contributed by atoms with E-state index in [1.165, 1.54) is 0 Å². The Morgan fingerprint density at radius 1 is 1.57 bits per heavy atom. The van der Waals surface area contributed by atoms with E-state index >= 15 is 0 Å². The van der Waals surface area contributed by atoms with Crippen molar-refractivity contribution in [3.8, 4) is 0 Å². The van der Waals surface area contributed by atoms with Crippen molar-refractivity contribution in [1.82, 2.24) is 9.97 Å². The molecule has 0 unspecified atom stereocenters. The van der Waals surface area contributed by atoms with Crippen LogP contribution < -0.4 is 0 Å². The Morgan fingerprint density at radius 2 is 2.43 bits per heavy atom.